The average molecular weight is 254 g/mol. The maximum absolute atomic E-state index is 9.41. The molecule has 0 N–H and O–H groups in total. The molecule has 0 heterocycles. The Morgan fingerprint density at radius 2 is 0.938 bits per heavy atom. The molecule has 0 spiro atoms. The fourth-order valence-corrected chi connectivity index (χ4v) is 0.136. The van der Waals surface area contributed by atoms with Crippen molar-refractivity contribution in [1.29, 1.82) is 0 Å². The second kappa shape index (κ2) is 21.2. The van der Waals surface area contributed by atoms with Gasteiger partial charge in [0.15, 0.2) is 0 Å². The summed E-state index contributed by atoms with van der Waals surface area (Å²) in [6, 6.07) is 0. The topological polar surface area (TPSA) is 120 Å². The SMILES string of the molecule is C=CC(=O)[O-].O=C([O-])/C=C\C(=O)[O-].[Na+].[Na+].[Na+]. The molecule has 0 aromatic carbocycles. The monoisotopic (exact) mass is 254 g/mol. The zero-order valence-electron chi connectivity index (χ0n) is 9.39. The van der Waals surface area contributed by atoms with Crippen LogP contribution in [0.25, 0.3) is 0 Å². The molecular formula is C7H5Na3O6. The molecule has 72 valence electrons. The summed E-state index contributed by atoms with van der Waals surface area (Å²) >= 11 is 0. The number of carboxylic acids is 3. The van der Waals surface area contributed by atoms with Crippen LogP contribution in [-0.4, -0.2) is 17.9 Å². The number of carbonyl (C=O) groups excluding carboxylic acids is 3. The van der Waals surface area contributed by atoms with Crippen LogP contribution in [0, 0.1) is 0 Å². The summed E-state index contributed by atoms with van der Waals surface area (Å²) in [4.78, 5) is 28.0. The van der Waals surface area contributed by atoms with Gasteiger partial charge in [0.05, 0.1) is 17.9 Å². The Hall–Kier alpha value is 0.890. The maximum atomic E-state index is 9.41. The second-order valence-electron chi connectivity index (χ2n) is 1.49. The van der Waals surface area contributed by atoms with Gasteiger partial charge in [-0.25, -0.2) is 0 Å². The Kier molecular flexibility index (Phi) is 40.0. The Balaban J connectivity index is -0.0000000454. The Morgan fingerprint density at radius 3 is 1.00 bits per heavy atom. The normalized spacial score (nSPS) is 6.75. The minimum Gasteiger partial charge on any atom is -0.545 e. The summed E-state index contributed by atoms with van der Waals surface area (Å²) in [6.07, 6.45) is 1.49. The fraction of sp³-hybridized carbons (Fsp3) is 0. The van der Waals surface area contributed by atoms with E-state index in [1.807, 2.05) is 0 Å². The van der Waals surface area contributed by atoms with Crippen LogP contribution in [0.15, 0.2) is 24.8 Å². The van der Waals surface area contributed by atoms with Gasteiger partial charge >= 0.3 is 88.7 Å². The summed E-state index contributed by atoms with van der Waals surface area (Å²) in [7, 11) is 0. The first-order valence-corrected chi connectivity index (χ1v) is 2.83. The summed E-state index contributed by atoms with van der Waals surface area (Å²) in [5, 5.41) is 28.0. The van der Waals surface area contributed by atoms with Crippen LogP contribution in [0.1, 0.15) is 0 Å². The van der Waals surface area contributed by atoms with Crippen LogP contribution in [0.4, 0.5) is 0 Å². The summed E-state index contributed by atoms with van der Waals surface area (Å²) in [5.41, 5.74) is 0. The van der Waals surface area contributed by atoms with Crippen molar-refractivity contribution >= 4 is 17.9 Å². The third kappa shape index (κ3) is 46.1. The zero-order chi connectivity index (χ0) is 10.9. The third-order valence-corrected chi connectivity index (χ3v) is 0.522. The number of hydrogen-bond acceptors (Lipinski definition) is 6. The predicted octanol–water partition coefficient (Wildman–Crippen LogP) is -13.0. The molecule has 6 nitrogen and oxygen atoms in total. The van der Waals surface area contributed by atoms with E-state index in [9.17, 15) is 19.8 Å². The van der Waals surface area contributed by atoms with Gasteiger partial charge in [-0.05, 0) is 18.2 Å². The van der Waals surface area contributed by atoms with Gasteiger partial charge in [-0.2, -0.15) is 0 Å². The van der Waals surface area contributed by atoms with Crippen molar-refractivity contribution in [2.75, 3.05) is 0 Å². The van der Waals surface area contributed by atoms with Gasteiger partial charge in [-0.15, -0.1) is 0 Å². The molecule has 0 rings (SSSR count). The first-order valence-electron chi connectivity index (χ1n) is 2.83. The van der Waals surface area contributed by atoms with Crippen molar-refractivity contribution < 1.29 is 118 Å². The van der Waals surface area contributed by atoms with Gasteiger partial charge in [0.2, 0.25) is 0 Å². The molecule has 0 aromatic rings. The van der Waals surface area contributed by atoms with E-state index in [2.05, 4.69) is 6.58 Å². The van der Waals surface area contributed by atoms with Gasteiger partial charge in [0.1, 0.15) is 0 Å². The van der Waals surface area contributed by atoms with Gasteiger partial charge in [0, 0.05) is 0 Å². The molecule has 0 aliphatic carbocycles. The molecular weight excluding hydrogens is 249 g/mol. The van der Waals surface area contributed by atoms with Crippen molar-refractivity contribution in [3.05, 3.63) is 24.8 Å². The Bertz CT molecular complexity index is 235. The Labute approximate surface area is 159 Å². The quantitative estimate of drug-likeness (QED) is 0.364. The van der Waals surface area contributed by atoms with Crippen LogP contribution >= 0.6 is 0 Å². The molecule has 0 aliphatic heterocycles. The Morgan fingerprint density at radius 1 is 0.750 bits per heavy atom. The molecule has 0 bridgehead atoms. The number of carboxylic acid groups (broad SMARTS) is 3. The van der Waals surface area contributed by atoms with Crippen molar-refractivity contribution in [1.82, 2.24) is 0 Å². The number of aliphatic carboxylic acids is 3. The largest absolute Gasteiger partial charge is 1.00 e. The van der Waals surface area contributed by atoms with E-state index in [-0.39, 0.29) is 88.7 Å². The van der Waals surface area contributed by atoms with E-state index in [1.54, 1.807) is 0 Å². The van der Waals surface area contributed by atoms with E-state index in [4.69, 9.17) is 9.90 Å². The van der Waals surface area contributed by atoms with Crippen molar-refractivity contribution in [3.8, 4) is 0 Å². The van der Waals surface area contributed by atoms with Crippen LogP contribution in [0.5, 0.6) is 0 Å². The van der Waals surface area contributed by atoms with Crippen LogP contribution in [0.3, 0.4) is 0 Å². The molecule has 0 amide bonds. The molecule has 0 saturated carbocycles. The van der Waals surface area contributed by atoms with Gasteiger partial charge in [-0.3, -0.25) is 0 Å². The third-order valence-electron chi connectivity index (χ3n) is 0.522. The van der Waals surface area contributed by atoms with E-state index in [0.717, 1.165) is 6.08 Å². The van der Waals surface area contributed by atoms with Gasteiger partial charge in [0.25, 0.3) is 0 Å². The fourth-order valence-electron chi connectivity index (χ4n) is 0.136. The molecule has 0 radical (unpaired) electrons. The minimum atomic E-state index is -1.55. The number of hydrogen-bond donors (Lipinski definition) is 0. The number of carbonyl (C=O) groups is 3. The van der Waals surface area contributed by atoms with Crippen molar-refractivity contribution in [2.24, 2.45) is 0 Å². The first kappa shape index (κ1) is 30.2. The molecule has 0 fully saturated rings. The standard InChI is InChI=1S/C4H4O4.C3H4O2.3Na/c5-3(6)1-2-4(7)8;1-2-3(4)5;;;/h1-2H,(H,5,6)(H,7,8);2H,1H2,(H,4,5);;;/q;;3*+1/p-3/b2-1-;;;;. The van der Waals surface area contributed by atoms with Crippen LogP contribution in [0.2, 0.25) is 0 Å². The van der Waals surface area contributed by atoms with Crippen molar-refractivity contribution in [3.63, 3.8) is 0 Å². The van der Waals surface area contributed by atoms with Crippen LogP contribution in [-0.2, 0) is 14.4 Å². The average Bonchev–Trinajstić information content (AvgIpc) is 2.02. The van der Waals surface area contributed by atoms with Crippen molar-refractivity contribution in [2.45, 2.75) is 0 Å². The van der Waals surface area contributed by atoms with E-state index >= 15 is 0 Å². The number of rotatable bonds is 3. The minimum absolute atomic E-state index is 0. The van der Waals surface area contributed by atoms with E-state index in [1.165, 1.54) is 0 Å². The van der Waals surface area contributed by atoms with E-state index < -0.39 is 17.9 Å². The molecule has 16 heavy (non-hydrogen) atoms. The molecule has 0 unspecified atom stereocenters. The first-order chi connectivity index (χ1) is 5.90. The van der Waals surface area contributed by atoms with E-state index in [0.29, 0.717) is 12.2 Å². The molecule has 0 saturated heterocycles. The smallest absolute Gasteiger partial charge is 0.545 e. The summed E-state index contributed by atoms with van der Waals surface area (Å²) in [6.45, 7) is 2.90. The summed E-state index contributed by atoms with van der Waals surface area (Å²) in [5.74, 6) is -4.33. The molecule has 0 atom stereocenters. The molecule has 0 aromatic heterocycles. The summed E-state index contributed by atoms with van der Waals surface area (Å²) < 4.78 is 0. The molecule has 9 heteroatoms. The molecule has 0 aliphatic rings. The van der Waals surface area contributed by atoms with Gasteiger partial charge < -0.3 is 29.7 Å². The maximum Gasteiger partial charge on any atom is 1.00 e. The van der Waals surface area contributed by atoms with Crippen LogP contribution < -0.4 is 104 Å². The van der Waals surface area contributed by atoms with Gasteiger partial charge in [-0.1, -0.05) is 6.58 Å². The second-order valence-corrected chi connectivity index (χ2v) is 1.49. The zero-order valence-corrected chi connectivity index (χ0v) is 15.4. The predicted molar refractivity (Wildman–Crippen MR) is 34.4 cm³/mol.